The first-order valence-corrected chi connectivity index (χ1v) is 7.46. The summed E-state index contributed by atoms with van der Waals surface area (Å²) in [6.07, 6.45) is 1.23. The smallest absolute Gasteiger partial charge is 0.120 e. The summed E-state index contributed by atoms with van der Waals surface area (Å²) in [5.74, 6) is 0.969. The van der Waals surface area contributed by atoms with Gasteiger partial charge in [-0.15, -0.1) is 0 Å². The number of nitrogens with zero attached hydrogens (tertiary/aromatic N) is 1. The monoisotopic (exact) mass is 270 g/mol. The highest BCUT2D eigenvalue weighted by Crippen LogP contribution is 2.20. The molecule has 0 spiro atoms. The van der Waals surface area contributed by atoms with Crippen LogP contribution in [0.1, 0.15) is 6.42 Å². The van der Waals surface area contributed by atoms with E-state index in [0.29, 0.717) is 0 Å². The minimum absolute atomic E-state index is 0.762. The number of nitrogens with one attached hydrogen (secondary N) is 1. The molecule has 1 N–H and O–H groups in total. The largest absolute Gasteiger partial charge is 0.492 e. The van der Waals surface area contributed by atoms with E-state index in [9.17, 15) is 0 Å². The molecule has 0 aromatic heterocycles. The van der Waals surface area contributed by atoms with Crippen LogP contribution in [0.15, 0.2) is 42.5 Å². The van der Waals surface area contributed by atoms with E-state index >= 15 is 0 Å². The Labute approximate surface area is 120 Å². The van der Waals surface area contributed by atoms with Crippen LogP contribution < -0.4 is 10.1 Å². The molecule has 0 bridgehead atoms. The number of benzene rings is 2. The molecule has 0 saturated carbocycles. The Kier molecular flexibility index (Phi) is 4.51. The average molecular weight is 270 g/mol. The van der Waals surface area contributed by atoms with Crippen LogP contribution in [0.4, 0.5) is 0 Å². The summed E-state index contributed by atoms with van der Waals surface area (Å²) in [4.78, 5) is 2.47. The number of hydrogen-bond donors (Lipinski definition) is 1. The van der Waals surface area contributed by atoms with E-state index in [1.165, 1.54) is 23.7 Å². The first kappa shape index (κ1) is 13.4. The van der Waals surface area contributed by atoms with Gasteiger partial charge in [0, 0.05) is 19.6 Å². The third-order valence-corrected chi connectivity index (χ3v) is 3.83. The van der Waals surface area contributed by atoms with Crippen LogP contribution in [0.25, 0.3) is 10.8 Å². The van der Waals surface area contributed by atoms with Gasteiger partial charge in [-0.2, -0.15) is 0 Å². The van der Waals surface area contributed by atoms with Crippen LogP contribution >= 0.6 is 0 Å². The Morgan fingerprint density at radius 2 is 1.90 bits per heavy atom. The molecule has 1 aliphatic rings. The lowest BCUT2D eigenvalue weighted by Crippen LogP contribution is -2.31. The normalized spacial score (nSPS) is 17.0. The summed E-state index contributed by atoms with van der Waals surface area (Å²) in [5.41, 5.74) is 0. The van der Waals surface area contributed by atoms with Crippen LogP contribution in [0, 0.1) is 0 Å². The standard InChI is InChI=1S/C17H22N2O/c1-2-5-16-14-17(7-6-15(16)4-1)20-13-12-19-10-3-8-18-9-11-19/h1-2,4-7,14,18H,3,8-13H2. The van der Waals surface area contributed by atoms with Crippen molar-refractivity contribution in [2.75, 3.05) is 39.3 Å². The molecule has 0 amide bonds. The number of rotatable bonds is 4. The highest BCUT2D eigenvalue weighted by Gasteiger charge is 2.08. The molecule has 20 heavy (non-hydrogen) atoms. The molecule has 106 valence electrons. The SMILES string of the molecule is c1ccc2cc(OCCN3CCCNCC3)ccc2c1. The van der Waals surface area contributed by atoms with Gasteiger partial charge in [-0.1, -0.05) is 30.3 Å². The van der Waals surface area contributed by atoms with E-state index in [0.717, 1.165) is 38.5 Å². The molecule has 0 unspecified atom stereocenters. The molecule has 3 heteroatoms. The number of hydrogen-bond acceptors (Lipinski definition) is 3. The van der Waals surface area contributed by atoms with Crippen molar-refractivity contribution < 1.29 is 4.74 Å². The van der Waals surface area contributed by atoms with E-state index in [-0.39, 0.29) is 0 Å². The van der Waals surface area contributed by atoms with E-state index in [1.807, 2.05) is 0 Å². The van der Waals surface area contributed by atoms with Crippen molar-refractivity contribution in [3.05, 3.63) is 42.5 Å². The highest BCUT2D eigenvalue weighted by atomic mass is 16.5. The third kappa shape index (κ3) is 3.50. The maximum Gasteiger partial charge on any atom is 0.120 e. The van der Waals surface area contributed by atoms with Crippen LogP contribution in [-0.2, 0) is 0 Å². The van der Waals surface area contributed by atoms with Gasteiger partial charge in [0.2, 0.25) is 0 Å². The van der Waals surface area contributed by atoms with Crippen LogP contribution in [0.2, 0.25) is 0 Å². The fourth-order valence-electron chi connectivity index (χ4n) is 2.68. The molecule has 3 nitrogen and oxygen atoms in total. The van der Waals surface area contributed by atoms with Gasteiger partial charge in [0.25, 0.3) is 0 Å². The van der Waals surface area contributed by atoms with E-state index in [2.05, 4.69) is 52.7 Å². The van der Waals surface area contributed by atoms with Gasteiger partial charge in [0.05, 0.1) is 0 Å². The molecule has 2 aromatic rings. The summed E-state index contributed by atoms with van der Waals surface area (Å²) >= 11 is 0. The predicted molar refractivity (Wildman–Crippen MR) is 83.4 cm³/mol. The van der Waals surface area contributed by atoms with Gasteiger partial charge >= 0.3 is 0 Å². The lowest BCUT2D eigenvalue weighted by molar-refractivity contribution is 0.218. The van der Waals surface area contributed by atoms with Gasteiger partial charge in [-0.3, -0.25) is 4.90 Å². The summed E-state index contributed by atoms with van der Waals surface area (Å²) in [6.45, 7) is 6.31. The Hall–Kier alpha value is -1.58. The summed E-state index contributed by atoms with van der Waals surface area (Å²) < 4.78 is 5.90. The van der Waals surface area contributed by atoms with Crippen molar-refractivity contribution >= 4 is 10.8 Å². The van der Waals surface area contributed by atoms with Gasteiger partial charge in [0.1, 0.15) is 12.4 Å². The molecule has 1 aliphatic heterocycles. The fraction of sp³-hybridized carbons (Fsp3) is 0.412. The zero-order valence-corrected chi connectivity index (χ0v) is 11.8. The molecular formula is C17H22N2O. The summed E-state index contributed by atoms with van der Waals surface area (Å²) in [5, 5.41) is 5.93. The highest BCUT2D eigenvalue weighted by molar-refractivity contribution is 5.83. The van der Waals surface area contributed by atoms with Crippen LogP contribution in [0.5, 0.6) is 5.75 Å². The van der Waals surface area contributed by atoms with E-state index < -0.39 is 0 Å². The van der Waals surface area contributed by atoms with E-state index in [4.69, 9.17) is 4.74 Å². The first-order chi connectivity index (χ1) is 9.92. The maximum atomic E-state index is 5.90. The quantitative estimate of drug-likeness (QED) is 0.924. The topological polar surface area (TPSA) is 24.5 Å². The van der Waals surface area contributed by atoms with Crippen molar-refractivity contribution in [3.8, 4) is 5.75 Å². The zero-order chi connectivity index (χ0) is 13.6. The molecule has 0 aliphatic carbocycles. The summed E-state index contributed by atoms with van der Waals surface area (Å²) in [7, 11) is 0. The second-order valence-corrected chi connectivity index (χ2v) is 5.30. The van der Waals surface area contributed by atoms with Gasteiger partial charge < -0.3 is 10.1 Å². The number of fused-ring (bicyclic) bond motifs is 1. The van der Waals surface area contributed by atoms with Crippen molar-refractivity contribution in [2.24, 2.45) is 0 Å². The Morgan fingerprint density at radius 1 is 1.00 bits per heavy atom. The summed E-state index contributed by atoms with van der Waals surface area (Å²) in [6, 6.07) is 14.7. The lowest BCUT2D eigenvalue weighted by atomic mass is 10.1. The molecule has 0 radical (unpaired) electrons. The van der Waals surface area contributed by atoms with Crippen molar-refractivity contribution in [1.29, 1.82) is 0 Å². The molecule has 1 saturated heterocycles. The maximum absolute atomic E-state index is 5.90. The van der Waals surface area contributed by atoms with Crippen LogP contribution in [0.3, 0.4) is 0 Å². The minimum Gasteiger partial charge on any atom is -0.492 e. The van der Waals surface area contributed by atoms with Gasteiger partial charge in [-0.25, -0.2) is 0 Å². The van der Waals surface area contributed by atoms with Crippen molar-refractivity contribution in [2.45, 2.75) is 6.42 Å². The number of ether oxygens (including phenoxy) is 1. The third-order valence-electron chi connectivity index (χ3n) is 3.83. The van der Waals surface area contributed by atoms with E-state index in [1.54, 1.807) is 0 Å². The lowest BCUT2D eigenvalue weighted by Gasteiger charge is -2.19. The van der Waals surface area contributed by atoms with Crippen LogP contribution in [-0.4, -0.2) is 44.2 Å². The predicted octanol–water partition coefficient (Wildman–Crippen LogP) is 2.51. The molecule has 2 aromatic carbocycles. The van der Waals surface area contributed by atoms with Crippen molar-refractivity contribution in [1.82, 2.24) is 10.2 Å². The molecule has 0 atom stereocenters. The second-order valence-electron chi connectivity index (χ2n) is 5.30. The fourth-order valence-corrected chi connectivity index (χ4v) is 2.68. The molecular weight excluding hydrogens is 248 g/mol. The molecule has 1 heterocycles. The Morgan fingerprint density at radius 3 is 2.85 bits per heavy atom. The molecule has 3 rings (SSSR count). The molecule has 1 fully saturated rings. The van der Waals surface area contributed by atoms with Gasteiger partial charge in [-0.05, 0) is 42.4 Å². The minimum atomic E-state index is 0.762. The average Bonchev–Trinajstić information content (AvgIpc) is 2.76. The Balaban J connectivity index is 1.54. The van der Waals surface area contributed by atoms with Crippen molar-refractivity contribution in [3.63, 3.8) is 0 Å². The first-order valence-electron chi connectivity index (χ1n) is 7.46. The Bertz CT molecular complexity index is 547. The zero-order valence-electron chi connectivity index (χ0n) is 11.8. The van der Waals surface area contributed by atoms with Gasteiger partial charge in [0.15, 0.2) is 0 Å². The second kappa shape index (κ2) is 6.73.